The van der Waals surface area contributed by atoms with Gasteiger partial charge in [-0.2, -0.15) is 0 Å². The quantitative estimate of drug-likeness (QED) is 0.797. The molecule has 0 bridgehead atoms. The van der Waals surface area contributed by atoms with E-state index in [0.717, 1.165) is 77.2 Å². The Labute approximate surface area is 150 Å². The molecule has 0 radical (unpaired) electrons. The standard InChI is InChI=1S/C18H27N3O2.ClH/c22-17-7-2-1-6-16(17)20-14-12-19(13-15-20)9-3-4-10-21-11-5-8-18(21)23;/h1-2,6-7,22H,3-5,8-15H2;1H. The molecule has 0 unspecified atom stereocenters. The molecule has 6 heteroatoms. The average Bonchev–Trinajstić information content (AvgIpc) is 2.98. The number of phenols is 1. The van der Waals surface area contributed by atoms with Crippen molar-refractivity contribution in [3.8, 4) is 5.75 Å². The van der Waals surface area contributed by atoms with Crippen molar-refractivity contribution < 1.29 is 9.90 Å². The molecule has 0 aromatic heterocycles. The molecule has 24 heavy (non-hydrogen) atoms. The van der Waals surface area contributed by atoms with Gasteiger partial charge in [0.1, 0.15) is 5.75 Å². The molecule has 0 aliphatic carbocycles. The number of amides is 1. The third kappa shape index (κ3) is 4.77. The first kappa shape index (κ1) is 18.9. The zero-order valence-electron chi connectivity index (χ0n) is 14.2. The topological polar surface area (TPSA) is 47.0 Å². The molecule has 2 aliphatic heterocycles. The van der Waals surface area contributed by atoms with Crippen molar-refractivity contribution in [1.29, 1.82) is 0 Å². The molecule has 5 nitrogen and oxygen atoms in total. The summed E-state index contributed by atoms with van der Waals surface area (Å²) in [4.78, 5) is 18.3. The highest BCUT2D eigenvalue weighted by atomic mass is 35.5. The Balaban J connectivity index is 0.00000208. The van der Waals surface area contributed by atoms with Gasteiger partial charge in [0.2, 0.25) is 5.91 Å². The summed E-state index contributed by atoms with van der Waals surface area (Å²) in [6, 6.07) is 7.57. The lowest BCUT2D eigenvalue weighted by Gasteiger charge is -2.36. The largest absolute Gasteiger partial charge is 0.506 e. The highest BCUT2D eigenvalue weighted by Gasteiger charge is 2.20. The van der Waals surface area contributed by atoms with Crippen LogP contribution >= 0.6 is 12.4 Å². The van der Waals surface area contributed by atoms with E-state index in [1.165, 1.54) is 0 Å². The van der Waals surface area contributed by atoms with Crippen molar-refractivity contribution in [2.75, 3.05) is 50.7 Å². The predicted molar refractivity (Wildman–Crippen MR) is 99.1 cm³/mol. The summed E-state index contributed by atoms with van der Waals surface area (Å²) >= 11 is 0. The number of anilines is 1. The predicted octanol–water partition coefficient (Wildman–Crippen LogP) is 2.34. The maximum Gasteiger partial charge on any atom is 0.222 e. The van der Waals surface area contributed by atoms with Crippen LogP contribution in [-0.4, -0.2) is 66.6 Å². The maximum atomic E-state index is 11.6. The van der Waals surface area contributed by atoms with Gasteiger partial charge in [-0.05, 0) is 37.9 Å². The van der Waals surface area contributed by atoms with Crippen LogP contribution in [0.25, 0.3) is 0 Å². The molecule has 1 amide bonds. The molecule has 2 heterocycles. The van der Waals surface area contributed by atoms with Gasteiger partial charge < -0.3 is 14.9 Å². The molecular weight excluding hydrogens is 326 g/mol. The number of unbranched alkanes of at least 4 members (excludes halogenated alkanes) is 1. The van der Waals surface area contributed by atoms with Gasteiger partial charge in [0.25, 0.3) is 0 Å². The van der Waals surface area contributed by atoms with Gasteiger partial charge in [0.05, 0.1) is 5.69 Å². The summed E-state index contributed by atoms with van der Waals surface area (Å²) in [5.74, 6) is 0.706. The number of rotatable bonds is 6. The third-order valence-electron chi connectivity index (χ3n) is 4.92. The summed E-state index contributed by atoms with van der Waals surface area (Å²) < 4.78 is 0. The molecule has 2 saturated heterocycles. The summed E-state index contributed by atoms with van der Waals surface area (Å²) in [5.41, 5.74) is 0.944. The molecule has 0 spiro atoms. The van der Waals surface area contributed by atoms with E-state index in [9.17, 15) is 9.90 Å². The number of carbonyl (C=O) groups is 1. The van der Waals surface area contributed by atoms with E-state index >= 15 is 0 Å². The van der Waals surface area contributed by atoms with Crippen LogP contribution in [0.3, 0.4) is 0 Å². The second-order valence-corrected chi connectivity index (χ2v) is 6.51. The summed E-state index contributed by atoms with van der Waals surface area (Å²) in [6.07, 6.45) is 4.03. The first-order valence-electron chi connectivity index (χ1n) is 8.77. The minimum absolute atomic E-state index is 0. The van der Waals surface area contributed by atoms with Crippen molar-refractivity contribution in [3.63, 3.8) is 0 Å². The zero-order valence-corrected chi connectivity index (χ0v) is 15.0. The van der Waals surface area contributed by atoms with Crippen molar-refractivity contribution >= 4 is 24.0 Å². The molecule has 2 aliphatic rings. The number of aromatic hydroxyl groups is 1. The number of carbonyl (C=O) groups excluding carboxylic acids is 1. The van der Waals surface area contributed by atoms with Crippen molar-refractivity contribution in [2.24, 2.45) is 0 Å². The van der Waals surface area contributed by atoms with Crippen LogP contribution < -0.4 is 4.90 Å². The van der Waals surface area contributed by atoms with Crippen molar-refractivity contribution in [2.45, 2.75) is 25.7 Å². The fourth-order valence-electron chi connectivity index (χ4n) is 3.52. The highest BCUT2D eigenvalue weighted by molar-refractivity contribution is 5.85. The van der Waals surface area contributed by atoms with Gasteiger partial charge in [0.15, 0.2) is 0 Å². The van der Waals surface area contributed by atoms with Crippen molar-refractivity contribution in [3.05, 3.63) is 24.3 Å². The van der Waals surface area contributed by atoms with Gasteiger partial charge >= 0.3 is 0 Å². The SMILES string of the molecule is Cl.O=C1CCCN1CCCCN1CCN(c2ccccc2O)CC1. The van der Waals surface area contributed by atoms with Crippen LogP contribution in [0.5, 0.6) is 5.75 Å². The lowest BCUT2D eigenvalue weighted by Crippen LogP contribution is -2.46. The molecule has 2 fully saturated rings. The highest BCUT2D eigenvalue weighted by Crippen LogP contribution is 2.27. The lowest BCUT2D eigenvalue weighted by atomic mass is 10.2. The summed E-state index contributed by atoms with van der Waals surface area (Å²) in [6.45, 7) is 6.99. The minimum atomic E-state index is 0. The molecule has 0 saturated carbocycles. The van der Waals surface area contributed by atoms with Gasteiger partial charge in [-0.3, -0.25) is 9.69 Å². The number of hydrogen-bond donors (Lipinski definition) is 1. The fraction of sp³-hybridized carbons (Fsp3) is 0.611. The molecule has 134 valence electrons. The summed E-state index contributed by atoms with van der Waals surface area (Å²) in [5, 5.41) is 9.94. The summed E-state index contributed by atoms with van der Waals surface area (Å²) in [7, 11) is 0. The van der Waals surface area contributed by atoms with Crippen LogP contribution in [0.2, 0.25) is 0 Å². The number of nitrogens with zero attached hydrogens (tertiary/aromatic N) is 3. The van der Waals surface area contributed by atoms with Gasteiger partial charge in [-0.15, -0.1) is 12.4 Å². The Hall–Kier alpha value is -1.46. The number of piperazine rings is 1. The van der Waals surface area contributed by atoms with Gasteiger partial charge in [-0.25, -0.2) is 0 Å². The molecule has 1 N–H and O–H groups in total. The molecule has 1 aromatic rings. The molecule has 3 rings (SSSR count). The Kier molecular flexibility index (Phi) is 7.18. The number of phenolic OH excluding ortho intramolecular Hbond substituents is 1. The van der Waals surface area contributed by atoms with E-state index < -0.39 is 0 Å². The van der Waals surface area contributed by atoms with E-state index in [-0.39, 0.29) is 12.4 Å². The van der Waals surface area contributed by atoms with E-state index in [1.54, 1.807) is 6.07 Å². The number of benzene rings is 1. The Morgan fingerprint density at radius 3 is 2.33 bits per heavy atom. The van der Waals surface area contributed by atoms with Gasteiger partial charge in [0, 0.05) is 45.7 Å². The third-order valence-corrected chi connectivity index (χ3v) is 4.92. The Bertz CT molecular complexity index is 533. The maximum absolute atomic E-state index is 11.6. The molecular formula is C18H28ClN3O2. The smallest absolute Gasteiger partial charge is 0.222 e. The number of hydrogen-bond acceptors (Lipinski definition) is 4. The first-order chi connectivity index (χ1) is 11.2. The Morgan fingerprint density at radius 1 is 0.958 bits per heavy atom. The number of likely N-dealkylation sites (tertiary alicyclic amines) is 1. The van der Waals surface area contributed by atoms with Crippen LogP contribution in [0.1, 0.15) is 25.7 Å². The Morgan fingerprint density at radius 2 is 1.67 bits per heavy atom. The van der Waals surface area contributed by atoms with E-state index in [4.69, 9.17) is 0 Å². The average molecular weight is 354 g/mol. The van der Waals surface area contributed by atoms with E-state index in [2.05, 4.69) is 9.80 Å². The monoisotopic (exact) mass is 353 g/mol. The first-order valence-corrected chi connectivity index (χ1v) is 8.77. The normalized spacial score (nSPS) is 18.8. The van der Waals surface area contributed by atoms with E-state index in [1.807, 2.05) is 23.1 Å². The van der Waals surface area contributed by atoms with Crippen LogP contribution in [-0.2, 0) is 4.79 Å². The second kappa shape index (κ2) is 9.14. The second-order valence-electron chi connectivity index (χ2n) is 6.51. The van der Waals surface area contributed by atoms with Crippen LogP contribution in [0.15, 0.2) is 24.3 Å². The zero-order chi connectivity index (χ0) is 16.1. The lowest BCUT2D eigenvalue weighted by molar-refractivity contribution is -0.127. The van der Waals surface area contributed by atoms with Gasteiger partial charge in [-0.1, -0.05) is 12.1 Å². The number of halogens is 1. The van der Waals surface area contributed by atoms with Crippen LogP contribution in [0, 0.1) is 0 Å². The van der Waals surface area contributed by atoms with Crippen LogP contribution in [0.4, 0.5) is 5.69 Å². The molecule has 0 atom stereocenters. The number of para-hydroxylation sites is 2. The fourth-order valence-corrected chi connectivity index (χ4v) is 3.52. The minimum Gasteiger partial charge on any atom is -0.506 e. The molecule has 1 aromatic carbocycles. The van der Waals surface area contributed by atoms with E-state index in [0.29, 0.717) is 11.7 Å². The van der Waals surface area contributed by atoms with Crippen molar-refractivity contribution in [1.82, 2.24) is 9.80 Å².